The quantitative estimate of drug-likeness (QED) is 0.589. The van der Waals surface area contributed by atoms with E-state index in [1.165, 1.54) is 44.1 Å². The fraction of sp³-hybridized carbons (Fsp3) is 0.667. The van der Waals surface area contributed by atoms with Crippen molar-refractivity contribution < 1.29 is 4.74 Å². The summed E-state index contributed by atoms with van der Waals surface area (Å²) in [4.78, 5) is 0. The van der Waals surface area contributed by atoms with Crippen LogP contribution in [0.3, 0.4) is 0 Å². The Morgan fingerprint density at radius 2 is 2.05 bits per heavy atom. The summed E-state index contributed by atoms with van der Waals surface area (Å²) in [5, 5.41) is 4.32. The third-order valence-corrected chi connectivity index (χ3v) is 4.91. The zero-order valence-corrected chi connectivity index (χ0v) is 14.1. The Balaban J connectivity index is 2.15. The van der Waals surface area contributed by atoms with Gasteiger partial charge in [0.2, 0.25) is 0 Å². The first kappa shape index (κ1) is 16.6. The van der Waals surface area contributed by atoms with E-state index in [1.807, 2.05) is 6.07 Å². The molecule has 1 aliphatic rings. The first-order chi connectivity index (χ1) is 10.3. The van der Waals surface area contributed by atoms with Crippen molar-refractivity contribution in [1.82, 2.24) is 5.32 Å². The minimum absolute atomic E-state index is 0.628. The lowest BCUT2D eigenvalue weighted by Crippen LogP contribution is -2.27. The van der Waals surface area contributed by atoms with Gasteiger partial charge in [0.15, 0.2) is 0 Å². The van der Waals surface area contributed by atoms with Crippen molar-refractivity contribution in [3.63, 3.8) is 0 Å². The summed E-state index contributed by atoms with van der Waals surface area (Å²) in [6.07, 6.45) is 7.87. The highest BCUT2D eigenvalue weighted by Crippen LogP contribution is 2.38. The molecule has 0 bridgehead atoms. The highest BCUT2D eigenvalue weighted by Gasteiger charge is 2.25. The fourth-order valence-electron chi connectivity index (χ4n) is 3.44. The molecular formula is C18H28ClNO. The van der Waals surface area contributed by atoms with Gasteiger partial charge in [-0.3, -0.25) is 0 Å². The molecule has 2 rings (SSSR count). The lowest BCUT2D eigenvalue weighted by Gasteiger charge is -2.26. The van der Waals surface area contributed by atoms with Crippen LogP contribution in [0.2, 0.25) is 5.02 Å². The summed E-state index contributed by atoms with van der Waals surface area (Å²) in [7, 11) is 1.69. The van der Waals surface area contributed by atoms with Crippen LogP contribution in [0, 0.1) is 5.92 Å². The maximum Gasteiger partial charge on any atom is 0.137 e. The van der Waals surface area contributed by atoms with E-state index in [-0.39, 0.29) is 0 Å². The van der Waals surface area contributed by atoms with Crippen LogP contribution < -0.4 is 10.1 Å². The Bertz CT molecular complexity index is 435. The van der Waals surface area contributed by atoms with E-state index < -0.39 is 0 Å². The van der Waals surface area contributed by atoms with Gasteiger partial charge in [-0.15, -0.1) is 0 Å². The van der Waals surface area contributed by atoms with E-state index in [1.54, 1.807) is 7.11 Å². The normalized spacial score (nSPS) is 22.8. The molecule has 0 aliphatic heterocycles. The molecule has 1 aliphatic carbocycles. The molecule has 118 valence electrons. The van der Waals surface area contributed by atoms with E-state index in [0.29, 0.717) is 10.9 Å². The van der Waals surface area contributed by atoms with E-state index in [0.717, 1.165) is 24.8 Å². The summed E-state index contributed by atoms with van der Waals surface area (Å²) in [5.74, 6) is 2.16. The lowest BCUT2D eigenvalue weighted by atomic mass is 9.82. The molecule has 0 spiro atoms. The number of methoxy groups -OCH3 is 1. The minimum atomic E-state index is 0.628. The van der Waals surface area contributed by atoms with E-state index in [4.69, 9.17) is 16.3 Å². The number of nitrogens with one attached hydrogen (secondary N) is 1. The van der Waals surface area contributed by atoms with Gasteiger partial charge in [0.25, 0.3) is 0 Å². The Hall–Kier alpha value is -0.730. The predicted molar refractivity (Wildman–Crippen MR) is 90.5 cm³/mol. The second kappa shape index (κ2) is 8.65. The first-order valence-electron chi connectivity index (χ1n) is 8.30. The topological polar surface area (TPSA) is 21.3 Å². The third-order valence-electron chi connectivity index (χ3n) is 4.60. The second-order valence-corrected chi connectivity index (χ2v) is 6.51. The van der Waals surface area contributed by atoms with Gasteiger partial charge < -0.3 is 10.1 Å². The molecule has 1 fully saturated rings. The maximum atomic E-state index is 6.17. The number of hydrogen-bond donors (Lipinski definition) is 1. The SMILES string of the molecule is CCCNCC1CCCCCC1c1ccc(Cl)c(OC)c1. The third kappa shape index (κ3) is 4.62. The van der Waals surface area contributed by atoms with Crippen LogP contribution in [0.25, 0.3) is 0 Å². The highest BCUT2D eigenvalue weighted by atomic mass is 35.5. The average molecular weight is 310 g/mol. The standard InChI is InChI=1S/C18H28ClNO/c1-3-11-20-13-15-7-5-4-6-8-16(15)14-9-10-17(19)18(12-14)21-2/h9-10,12,15-16,20H,3-8,11,13H2,1-2H3. The van der Waals surface area contributed by atoms with Crippen molar-refractivity contribution in [3.05, 3.63) is 28.8 Å². The Kier molecular flexibility index (Phi) is 6.85. The van der Waals surface area contributed by atoms with Crippen LogP contribution in [0.1, 0.15) is 56.9 Å². The molecule has 21 heavy (non-hydrogen) atoms. The zero-order chi connectivity index (χ0) is 15.1. The number of halogens is 1. The summed E-state index contributed by atoms with van der Waals surface area (Å²) >= 11 is 6.17. The van der Waals surface area contributed by atoms with Crippen LogP contribution in [0.4, 0.5) is 0 Å². The molecule has 0 radical (unpaired) electrons. The summed E-state index contributed by atoms with van der Waals surface area (Å²) in [6.45, 7) is 4.47. The molecule has 0 saturated heterocycles. The minimum Gasteiger partial charge on any atom is -0.495 e. The first-order valence-corrected chi connectivity index (χ1v) is 8.68. The molecular weight excluding hydrogens is 282 g/mol. The smallest absolute Gasteiger partial charge is 0.137 e. The van der Waals surface area contributed by atoms with Crippen molar-refractivity contribution in [1.29, 1.82) is 0 Å². The van der Waals surface area contributed by atoms with Gasteiger partial charge in [-0.1, -0.05) is 43.9 Å². The van der Waals surface area contributed by atoms with Crippen molar-refractivity contribution >= 4 is 11.6 Å². The van der Waals surface area contributed by atoms with Gasteiger partial charge in [0.1, 0.15) is 5.75 Å². The maximum absolute atomic E-state index is 6.17. The van der Waals surface area contributed by atoms with Crippen molar-refractivity contribution in [2.45, 2.75) is 51.4 Å². The van der Waals surface area contributed by atoms with Crippen molar-refractivity contribution in [2.75, 3.05) is 20.2 Å². The van der Waals surface area contributed by atoms with E-state index >= 15 is 0 Å². The van der Waals surface area contributed by atoms with Gasteiger partial charge in [-0.25, -0.2) is 0 Å². The number of benzene rings is 1. The van der Waals surface area contributed by atoms with Crippen LogP contribution >= 0.6 is 11.6 Å². The Morgan fingerprint density at radius 1 is 1.24 bits per heavy atom. The molecule has 0 aromatic heterocycles. The number of hydrogen-bond acceptors (Lipinski definition) is 2. The van der Waals surface area contributed by atoms with E-state index in [9.17, 15) is 0 Å². The number of ether oxygens (including phenoxy) is 1. The molecule has 0 heterocycles. The Morgan fingerprint density at radius 3 is 2.81 bits per heavy atom. The van der Waals surface area contributed by atoms with Gasteiger partial charge in [0.05, 0.1) is 12.1 Å². The molecule has 1 N–H and O–H groups in total. The molecule has 1 aromatic rings. The van der Waals surface area contributed by atoms with Crippen LogP contribution in [0.15, 0.2) is 18.2 Å². The average Bonchev–Trinajstić information content (AvgIpc) is 2.74. The van der Waals surface area contributed by atoms with Gasteiger partial charge in [-0.05, 0) is 61.9 Å². The van der Waals surface area contributed by atoms with Gasteiger partial charge >= 0.3 is 0 Å². The molecule has 0 amide bonds. The summed E-state index contributed by atoms with van der Waals surface area (Å²) < 4.78 is 5.39. The highest BCUT2D eigenvalue weighted by molar-refractivity contribution is 6.32. The van der Waals surface area contributed by atoms with Crippen LogP contribution in [-0.2, 0) is 0 Å². The largest absolute Gasteiger partial charge is 0.495 e. The lowest BCUT2D eigenvalue weighted by molar-refractivity contribution is 0.372. The molecule has 3 heteroatoms. The molecule has 2 nitrogen and oxygen atoms in total. The Labute approximate surface area is 134 Å². The second-order valence-electron chi connectivity index (χ2n) is 6.10. The van der Waals surface area contributed by atoms with Crippen LogP contribution in [-0.4, -0.2) is 20.2 Å². The fourth-order valence-corrected chi connectivity index (χ4v) is 3.63. The van der Waals surface area contributed by atoms with Crippen molar-refractivity contribution in [3.8, 4) is 5.75 Å². The predicted octanol–water partition coefficient (Wildman–Crippen LogP) is 5.01. The number of rotatable bonds is 6. The van der Waals surface area contributed by atoms with Gasteiger partial charge in [-0.2, -0.15) is 0 Å². The summed E-state index contributed by atoms with van der Waals surface area (Å²) in [5.41, 5.74) is 1.39. The molecule has 2 atom stereocenters. The molecule has 2 unspecified atom stereocenters. The zero-order valence-electron chi connectivity index (χ0n) is 13.3. The molecule has 1 aromatic carbocycles. The van der Waals surface area contributed by atoms with Crippen molar-refractivity contribution in [2.24, 2.45) is 5.92 Å². The van der Waals surface area contributed by atoms with E-state index in [2.05, 4.69) is 24.4 Å². The van der Waals surface area contributed by atoms with Crippen LogP contribution in [0.5, 0.6) is 5.75 Å². The molecule has 1 saturated carbocycles. The monoisotopic (exact) mass is 309 g/mol. The summed E-state index contributed by atoms with van der Waals surface area (Å²) in [6, 6.07) is 6.32. The van der Waals surface area contributed by atoms with Gasteiger partial charge in [0, 0.05) is 0 Å².